The largest absolute Gasteiger partial charge is 0.462 e. The van der Waals surface area contributed by atoms with Gasteiger partial charge in [-0.05, 0) is 128 Å². The van der Waals surface area contributed by atoms with Gasteiger partial charge < -0.3 is 14.2 Å². The van der Waals surface area contributed by atoms with Crippen LogP contribution in [0.4, 0.5) is 0 Å². The summed E-state index contributed by atoms with van der Waals surface area (Å²) in [6.45, 7) is 6.34. The van der Waals surface area contributed by atoms with Crippen LogP contribution in [0.5, 0.6) is 0 Å². The maximum absolute atomic E-state index is 12.8. The van der Waals surface area contributed by atoms with Gasteiger partial charge in [-0.15, -0.1) is 0 Å². The number of carbonyl (C=O) groups excluding carboxylic acids is 3. The summed E-state index contributed by atoms with van der Waals surface area (Å²) in [7, 11) is 0. The molecule has 6 heteroatoms. The van der Waals surface area contributed by atoms with E-state index in [1.54, 1.807) is 0 Å². The molecule has 0 rings (SSSR count). The average Bonchev–Trinajstić information content (AvgIpc) is 3.33. The van der Waals surface area contributed by atoms with Crippen molar-refractivity contribution in [3.05, 3.63) is 134 Å². The van der Waals surface area contributed by atoms with Gasteiger partial charge in [-0.1, -0.05) is 199 Å². The summed E-state index contributed by atoms with van der Waals surface area (Å²) in [6, 6.07) is 0. The quantitative estimate of drug-likeness (QED) is 0.0262. The van der Waals surface area contributed by atoms with E-state index in [0.717, 1.165) is 109 Å². The van der Waals surface area contributed by atoms with E-state index in [-0.39, 0.29) is 44.0 Å². The second kappa shape index (κ2) is 54.2. The van der Waals surface area contributed by atoms with E-state index in [1.807, 2.05) is 12.2 Å². The first kappa shape index (κ1) is 62.5. The molecule has 0 unspecified atom stereocenters. The molecule has 0 aliphatic heterocycles. The van der Waals surface area contributed by atoms with Crippen molar-refractivity contribution >= 4 is 17.9 Å². The third-order valence-electron chi connectivity index (χ3n) is 10.6. The smallest absolute Gasteiger partial charge is 0.306 e. The Bertz CT molecular complexity index is 1480. The fourth-order valence-corrected chi connectivity index (χ4v) is 6.62. The van der Waals surface area contributed by atoms with E-state index in [2.05, 4.69) is 142 Å². The maximum Gasteiger partial charge on any atom is 0.306 e. The monoisotopic (exact) mass is 925 g/mol. The van der Waals surface area contributed by atoms with Crippen molar-refractivity contribution in [1.29, 1.82) is 0 Å². The van der Waals surface area contributed by atoms with Crippen molar-refractivity contribution in [3.8, 4) is 0 Å². The maximum atomic E-state index is 12.8. The molecule has 0 saturated heterocycles. The number of allylic oxidation sites excluding steroid dienone is 22. The Labute approximate surface area is 411 Å². The van der Waals surface area contributed by atoms with Gasteiger partial charge in [0.25, 0.3) is 0 Å². The zero-order valence-corrected chi connectivity index (χ0v) is 42.9. The molecule has 0 saturated carbocycles. The molecule has 0 aliphatic rings. The fourth-order valence-electron chi connectivity index (χ4n) is 6.62. The second-order valence-corrected chi connectivity index (χ2v) is 17.0. The number of rotatable bonds is 46. The van der Waals surface area contributed by atoms with Crippen LogP contribution in [0.3, 0.4) is 0 Å². The fraction of sp³-hybridized carbons (Fsp3) is 0.590. The number of esters is 3. The van der Waals surface area contributed by atoms with Gasteiger partial charge in [-0.25, -0.2) is 0 Å². The molecule has 0 radical (unpaired) electrons. The van der Waals surface area contributed by atoms with Crippen molar-refractivity contribution in [2.45, 2.75) is 219 Å². The van der Waals surface area contributed by atoms with Crippen molar-refractivity contribution in [2.75, 3.05) is 13.2 Å². The zero-order valence-electron chi connectivity index (χ0n) is 42.9. The highest BCUT2D eigenvalue weighted by Gasteiger charge is 2.19. The first-order valence-electron chi connectivity index (χ1n) is 26.7. The molecular formula is C61H96O6. The number of hydrogen-bond acceptors (Lipinski definition) is 6. The Morgan fingerprint density at radius 3 is 1.03 bits per heavy atom. The lowest BCUT2D eigenvalue weighted by Crippen LogP contribution is -2.30. The number of hydrogen-bond donors (Lipinski definition) is 0. The minimum atomic E-state index is -0.840. The first-order chi connectivity index (χ1) is 33.0. The molecule has 0 N–H and O–H groups in total. The highest BCUT2D eigenvalue weighted by Crippen LogP contribution is 2.11. The minimum absolute atomic E-state index is 0.130. The summed E-state index contributed by atoms with van der Waals surface area (Å²) in [5.74, 6) is -1.08. The number of carbonyl (C=O) groups is 3. The Morgan fingerprint density at radius 1 is 0.313 bits per heavy atom. The number of unbranched alkanes of at least 4 members (excludes halogenated alkanes) is 13. The molecule has 0 aliphatic carbocycles. The zero-order chi connectivity index (χ0) is 48.6. The van der Waals surface area contributed by atoms with Crippen LogP contribution < -0.4 is 0 Å². The van der Waals surface area contributed by atoms with Gasteiger partial charge in [-0.2, -0.15) is 0 Å². The van der Waals surface area contributed by atoms with Gasteiger partial charge in [0, 0.05) is 19.3 Å². The van der Waals surface area contributed by atoms with Crippen LogP contribution in [-0.4, -0.2) is 37.2 Å². The van der Waals surface area contributed by atoms with Crippen molar-refractivity contribution in [2.24, 2.45) is 0 Å². The van der Waals surface area contributed by atoms with Crippen molar-refractivity contribution < 1.29 is 28.6 Å². The molecule has 0 bridgehead atoms. The molecule has 0 aromatic heterocycles. The van der Waals surface area contributed by atoms with Crippen LogP contribution in [0.25, 0.3) is 0 Å². The summed E-state index contributed by atoms with van der Waals surface area (Å²) in [5.41, 5.74) is 0. The molecule has 0 fully saturated rings. The minimum Gasteiger partial charge on any atom is -0.462 e. The van der Waals surface area contributed by atoms with Crippen LogP contribution in [-0.2, 0) is 28.6 Å². The molecule has 376 valence electrons. The van der Waals surface area contributed by atoms with E-state index in [4.69, 9.17) is 14.2 Å². The lowest BCUT2D eigenvalue weighted by molar-refractivity contribution is -0.166. The molecular weight excluding hydrogens is 829 g/mol. The van der Waals surface area contributed by atoms with E-state index >= 15 is 0 Å². The summed E-state index contributed by atoms with van der Waals surface area (Å²) in [4.78, 5) is 38.0. The SMILES string of the molecule is CC/C=C\C/C=C\C/C=C\C/C=C\CCCCC(=O)O[C@H](COC(=O)CC/C=C\C/C=C\C/C=C\C/C=C\C/C=C\CCCCC)COC(=O)CCCCCCC/C=C\C/C=C\CCCCC. The van der Waals surface area contributed by atoms with E-state index in [0.29, 0.717) is 19.3 Å². The van der Waals surface area contributed by atoms with Gasteiger partial charge in [0.15, 0.2) is 6.10 Å². The summed E-state index contributed by atoms with van der Waals surface area (Å²) >= 11 is 0. The molecule has 67 heavy (non-hydrogen) atoms. The van der Waals surface area contributed by atoms with Gasteiger partial charge in [0.05, 0.1) is 0 Å². The van der Waals surface area contributed by atoms with Crippen molar-refractivity contribution in [1.82, 2.24) is 0 Å². The lowest BCUT2D eigenvalue weighted by atomic mass is 10.1. The predicted molar refractivity (Wildman–Crippen MR) is 288 cm³/mol. The molecule has 0 heterocycles. The molecule has 1 atom stereocenters. The summed E-state index contributed by atoms with van der Waals surface area (Å²) < 4.78 is 16.7. The second-order valence-electron chi connectivity index (χ2n) is 17.0. The summed E-state index contributed by atoms with van der Waals surface area (Å²) in [6.07, 6.45) is 75.9. The van der Waals surface area contributed by atoms with Crippen LogP contribution in [0, 0.1) is 0 Å². The van der Waals surface area contributed by atoms with Crippen LogP contribution in [0.15, 0.2) is 134 Å². The Hall–Kier alpha value is -4.45. The van der Waals surface area contributed by atoms with Gasteiger partial charge in [-0.3, -0.25) is 14.4 Å². The van der Waals surface area contributed by atoms with Crippen molar-refractivity contribution in [3.63, 3.8) is 0 Å². The molecule has 0 spiro atoms. The molecule has 0 amide bonds. The highest BCUT2D eigenvalue weighted by molar-refractivity contribution is 5.71. The summed E-state index contributed by atoms with van der Waals surface area (Å²) in [5, 5.41) is 0. The van der Waals surface area contributed by atoms with E-state index in [9.17, 15) is 14.4 Å². The predicted octanol–water partition coefficient (Wildman–Crippen LogP) is 17.9. The highest BCUT2D eigenvalue weighted by atomic mass is 16.6. The average molecular weight is 925 g/mol. The Kier molecular flexibility index (Phi) is 50.6. The van der Waals surface area contributed by atoms with E-state index in [1.165, 1.54) is 51.4 Å². The Morgan fingerprint density at radius 2 is 0.612 bits per heavy atom. The standard InChI is InChI=1S/C61H96O6/c1-4-7-10-13-16-19-22-25-28-29-30-31-34-36-39-42-45-48-51-54-60(63)66-57-58(67-61(64)55-52-49-46-43-40-37-33-27-24-21-18-15-12-9-6-3)56-65-59(62)53-50-47-44-41-38-35-32-26-23-20-17-14-11-8-5-2/h9,12,16-21,25-28,30-33,36,39-40,43,45,48,58H,4-8,10-11,13-15,22-24,29,34-35,37-38,41-42,44,46-47,49-57H2,1-3H3/b12-9-,19-16-,20-17-,21-18-,28-25-,31-30-,32-26-,33-27-,39-36-,43-40-,48-45-/t58-/m0/s1. The van der Waals surface area contributed by atoms with Gasteiger partial charge in [0.2, 0.25) is 0 Å². The third-order valence-corrected chi connectivity index (χ3v) is 10.6. The molecule has 6 nitrogen and oxygen atoms in total. The van der Waals surface area contributed by atoms with Crippen LogP contribution in [0.2, 0.25) is 0 Å². The van der Waals surface area contributed by atoms with Crippen LogP contribution >= 0.6 is 0 Å². The normalized spacial score (nSPS) is 13.2. The third kappa shape index (κ3) is 52.4. The molecule has 0 aromatic carbocycles. The first-order valence-corrected chi connectivity index (χ1v) is 26.7. The van der Waals surface area contributed by atoms with Crippen LogP contribution in [0.1, 0.15) is 213 Å². The topological polar surface area (TPSA) is 78.9 Å². The van der Waals surface area contributed by atoms with E-state index < -0.39 is 6.10 Å². The van der Waals surface area contributed by atoms with Gasteiger partial charge >= 0.3 is 17.9 Å². The molecule has 0 aromatic rings. The Balaban J connectivity index is 4.61. The van der Waals surface area contributed by atoms with Gasteiger partial charge in [0.1, 0.15) is 13.2 Å². The lowest BCUT2D eigenvalue weighted by Gasteiger charge is -2.18. The number of ether oxygens (including phenoxy) is 3.